The lowest BCUT2D eigenvalue weighted by atomic mass is 10.2. The molecule has 0 atom stereocenters. The van der Waals surface area contributed by atoms with E-state index in [4.69, 9.17) is 11.6 Å². The zero-order valence-electron chi connectivity index (χ0n) is 14.4. The number of aromatic amines is 1. The number of Topliss-reactive ketones (excluding diaryl/α,β-unsaturated/α-hetero) is 1. The second-order valence-electron chi connectivity index (χ2n) is 6.56. The van der Waals surface area contributed by atoms with Crippen molar-refractivity contribution in [1.82, 2.24) is 19.4 Å². The summed E-state index contributed by atoms with van der Waals surface area (Å²) in [4.78, 5) is 46.3. The number of fused-ring (bicyclic) bond motifs is 1. The summed E-state index contributed by atoms with van der Waals surface area (Å²) in [5.74, 6) is -0.378. The molecule has 1 aliphatic rings. The second-order valence-corrected chi connectivity index (χ2v) is 7.00. The molecule has 1 aliphatic heterocycles. The number of aromatic nitrogens is 3. The highest BCUT2D eigenvalue weighted by atomic mass is 35.5. The molecule has 3 aromatic rings. The van der Waals surface area contributed by atoms with Gasteiger partial charge in [0, 0.05) is 29.9 Å². The fourth-order valence-electron chi connectivity index (χ4n) is 3.26. The van der Waals surface area contributed by atoms with E-state index in [0.29, 0.717) is 27.2 Å². The Morgan fingerprint density at radius 1 is 1.19 bits per heavy atom. The molecule has 7 nitrogen and oxygen atoms in total. The predicted octanol–water partition coefficient (Wildman–Crippen LogP) is 2.50. The smallest absolute Gasteiger partial charge is 0.270 e. The lowest BCUT2D eigenvalue weighted by Crippen LogP contribution is -2.27. The third-order valence-corrected chi connectivity index (χ3v) is 4.96. The maximum Gasteiger partial charge on any atom is 0.270 e. The molecule has 1 fully saturated rings. The van der Waals surface area contributed by atoms with Gasteiger partial charge in [-0.3, -0.25) is 19.0 Å². The van der Waals surface area contributed by atoms with E-state index in [1.54, 1.807) is 29.2 Å². The van der Waals surface area contributed by atoms with Crippen molar-refractivity contribution in [3.63, 3.8) is 0 Å². The molecule has 27 heavy (non-hydrogen) atoms. The predicted molar refractivity (Wildman–Crippen MR) is 101 cm³/mol. The first kappa shape index (κ1) is 17.5. The number of benzene rings is 1. The molecule has 2 aromatic heterocycles. The zero-order chi connectivity index (χ0) is 19.0. The number of hydrogen-bond acceptors (Lipinski definition) is 4. The van der Waals surface area contributed by atoms with Crippen LogP contribution in [-0.4, -0.2) is 44.2 Å². The molecule has 0 bridgehead atoms. The van der Waals surface area contributed by atoms with Crippen molar-refractivity contribution in [2.75, 3.05) is 13.1 Å². The molecule has 1 saturated heterocycles. The number of carbonyl (C=O) groups excluding carboxylic acids is 2. The molecule has 0 spiro atoms. The van der Waals surface area contributed by atoms with Gasteiger partial charge in [-0.15, -0.1) is 0 Å². The van der Waals surface area contributed by atoms with Crippen LogP contribution >= 0.6 is 11.6 Å². The normalized spacial score (nSPS) is 14.0. The topological polar surface area (TPSA) is 88.1 Å². The highest BCUT2D eigenvalue weighted by Crippen LogP contribution is 2.15. The summed E-state index contributed by atoms with van der Waals surface area (Å²) in [6.45, 7) is 1.33. The molecular formula is C19H17ClN4O3. The first-order chi connectivity index (χ1) is 13.0. The monoisotopic (exact) mass is 384 g/mol. The number of likely N-dealkylation sites (tertiary alicyclic amines) is 1. The summed E-state index contributed by atoms with van der Waals surface area (Å²) < 4.78 is 1.26. The van der Waals surface area contributed by atoms with Gasteiger partial charge in [-0.1, -0.05) is 11.6 Å². The highest BCUT2D eigenvalue weighted by molar-refractivity contribution is 6.31. The van der Waals surface area contributed by atoms with Crippen LogP contribution in [0.25, 0.3) is 10.9 Å². The third kappa shape index (κ3) is 3.38. The molecule has 1 amide bonds. The molecule has 0 aliphatic carbocycles. The molecule has 4 rings (SSSR count). The van der Waals surface area contributed by atoms with E-state index in [2.05, 4.69) is 9.97 Å². The van der Waals surface area contributed by atoms with Gasteiger partial charge in [-0.25, -0.2) is 4.98 Å². The summed E-state index contributed by atoms with van der Waals surface area (Å²) in [5.41, 5.74) is 0.921. The van der Waals surface area contributed by atoms with E-state index in [1.165, 1.54) is 17.1 Å². The maximum absolute atomic E-state index is 12.6. The third-order valence-electron chi connectivity index (χ3n) is 4.73. The number of nitrogens with zero attached hydrogens (tertiary/aromatic N) is 3. The van der Waals surface area contributed by atoms with E-state index < -0.39 is 0 Å². The lowest BCUT2D eigenvalue weighted by molar-refractivity contribution is 0.0787. The molecule has 0 unspecified atom stereocenters. The number of halogens is 1. The van der Waals surface area contributed by atoms with Crippen LogP contribution in [0.1, 0.15) is 33.7 Å². The molecule has 1 aromatic carbocycles. The number of hydrogen-bond donors (Lipinski definition) is 1. The minimum Gasteiger partial charge on any atom is -0.356 e. The van der Waals surface area contributed by atoms with E-state index in [-0.39, 0.29) is 23.8 Å². The van der Waals surface area contributed by atoms with Crippen LogP contribution in [0.4, 0.5) is 0 Å². The second kappa shape index (κ2) is 7.00. The molecule has 0 radical (unpaired) electrons. The number of ketones is 1. The van der Waals surface area contributed by atoms with Gasteiger partial charge in [0.1, 0.15) is 5.69 Å². The average molecular weight is 385 g/mol. The van der Waals surface area contributed by atoms with Crippen LogP contribution < -0.4 is 5.56 Å². The molecule has 8 heteroatoms. The average Bonchev–Trinajstić information content (AvgIpc) is 3.35. The highest BCUT2D eigenvalue weighted by Gasteiger charge is 2.22. The summed E-state index contributed by atoms with van der Waals surface area (Å²) in [5, 5.41) is 0.888. The van der Waals surface area contributed by atoms with E-state index in [9.17, 15) is 14.4 Å². The van der Waals surface area contributed by atoms with Gasteiger partial charge in [0.2, 0.25) is 0 Å². The number of rotatable bonds is 4. The van der Waals surface area contributed by atoms with Crippen LogP contribution in [0.2, 0.25) is 5.02 Å². The van der Waals surface area contributed by atoms with Gasteiger partial charge >= 0.3 is 0 Å². The molecule has 138 valence electrons. The van der Waals surface area contributed by atoms with Gasteiger partial charge in [0.05, 0.1) is 23.8 Å². The Morgan fingerprint density at radius 2 is 1.96 bits per heavy atom. The van der Waals surface area contributed by atoms with Crippen LogP contribution in [0.15, 0.2) is 41.6 Å². The quantitative estimate of drug-likeness (QED) is 0.700. The van der Waals surface area contributed by atoms with Crippen molar-refractivity contribution >= 4 is 34.2 Å². The van der Waals surface area contributed by atoms with Crippen LogP contribution in [0.3, 0.4) is 0 Å². The molecule has 3 heterocycles. The Morgan fingerprint density at radius 3 is 2.74 bits per heavy atom. The van der Waals surface area contributed by atoms with Crippen molar-refractivity contribution in [3.05, 3.63) is 63.4 Å². The Bertz CT molecular complexity index is 1100. The summed E-state index contributed by atoms with van der Waals surface area (Å²) >= 11 is 5.91. The fraction of sp³-hybridized carbons (Fsp3) is 0.263. The zero-order valence-corrected chi connectivity index (χ0v) is 15.2. The van der Waals surface area contributed by atoms with Gasteiger partial charge < -0.3 is 9.88 Å². The van der Waals surface area contributed by atoms with Gasteiger partial charge in [0.25, 0.3) is 11.5 Å². The number of H-pyrrole nitrogens is 1. The van der Waals surface area contributed by atoms with Crippen molar-refractivity contribution in [2.45, 2.75) is 19.4 Å². The Hall–Kier alpha value is -2.93. The van der Waals surface area contributed by atoms with Crippen LogP contribution in [-0.2, 0) is 6.54 Å². The Labute approximate surface area is 159 Å². The van der Waals surface area contributed by atoms with Gasteiger partial charge in [-0.2, -0.15) is 0 Å². The summed E-state index contributed by atoms with van der Waals surface area (Å²) in [6.07, 6.45) is 4.84. The number of nitrogens with one attached hydrogen (secondary N) is 1. The van der Waals surface area contributed by atoms with E-state index >= 15 is 0 Å². The van der Waals surface area contributed by atoms with Crippen molar-refractivity contribution in [1.29, 1.82) is 0 Å². The van der Waals surface area contributed by atoms with Crippen molar-refractivity contribution in [3.8, 4) is 0 Å². The van der Waals surface area contributed by atoms with Crippen molar-refractivity contribution in [2.24, 2.45) is 0 Å². The minimum absolute atomic E-state index is 0.104. The van der Waals surface area contributed by atoms with E-state index in [0.717, 1.165) is 25.9 Å². The van der Waals surface area contributed by atoms with Crippen molar-refractivity contribution < 1.29 is 9.59 Å². The maximum atomic E-state index is 12.6. The number of amides is 1. The van der Waals surface area contributed by atoms with Gasteiger partial charge in [0.15, 0.2) is 5.78 Å². The first-order valence-corrected chi connectivity index (χ1v) is 9.06. The summed E-state index contributed by atoms with van der Waals surface area (Å²) in [7, 11) is 0. The largest absolute Gasteiger partial charge is 0.356 e. The first-order valence-electron chi connectivity index (χ1n) is 8.68. The SMILES string of the molecule is O=C(Cn1cnc2cc(Cl)ccc2c1=O)c1c[nH]c(C(=O)N2CCCC2)c1. The minimum atomic E-state index is -0.311. The summed E-state index contributed by atoms with van der Waals surface area (Å²) in [6, 6.07) is 6.35. The standard InChI is InChI=1S/C19H17ClN4O3/c20-13-3-4-14-15(8-13)22-11-24(18(14)26)10-17(25)12-7-16(21-9-12)19(27)23-5-1-2-6-23/h3-4,7-9,11,21H,1-2,5-6,10H2. The molecular weight excluding hydrogens is 368 g/mol. The van der Waals surface area contributed by atoms with Crippen LogP contribution in [0, 0.1) is 0 Å². The molecule has 1 N–H and O–H groups in total. The lowest BCUT2D eigenvalue weighted by Gasteiger charge is -2.13. The Kier molecular flexibility index (Phi) is 4.53. The molecule has 0 saturated carbocycles. The Balaban J connectivity index is 1.55. The number of carbonyl (C=O) groups is 2. The van der Waals surface area contributed by atoms with Gasteiger partial charge in [-0.05, 0) is 37.1 Å². The van der Waals surface area contributed by atoms with Crippen LogP contribution in [0.5, 0.6) is 0 Å². The fourth-order valence-corrected chi connectivity index (χ4v) is 3.43. The van der Waals surface area contributed by atoms with E-state index in [1.807, 2.05) is 0 Å².